The molecule has 3 N–H and O–H groups in total. The number of carbonyl (C=O) groups excluding carboxylic acids is 1. The van der Waals surface area contributed by atoms with E-state index in [1.807, 2.05) is 48.5 Å². The number of H-pyrrole nitrogens is 1. The maximum atomic E-state index is 12.3. The number of benzene rings is 2. The van der Waals surface area contributed by atoms with Crippen molar-refractivity contribution in [3.8, 4) is 5.75 Å². The summed E-state index contributed by atoms with van der Waals surface area (Å²) in [7, 11) is 1.61. The van der Waals surface area contributed by atoms with Crippen LogP contribution in [-0.4, -0.2) is 23.1 Å². The predicted molar refractivity (Wildman–Crippen MR) is 93.1 cm³/mol. The Morgan fingerprint density at radius 2 is 1.96 bits per heavy atom. The molecule has 0 saturated heterocycles. The third kappa shape index (κ3) is 3.41. The summed E-state index contributed by atoms with van der Waals surface area (Å²) < 4.78 is 5.19. The highest BCUT2D eigenvalue weighted by atomic mass is 16.5. The van der Waals surface area contributed by atoms with E-state index >= 15 is 0 Å². The third-order valence-corrected chi connectivity index (χ3v) is 3.99. The van der Waals surface area contributed by atoms with Crippen LogP contribution >= 0.6 is 0 Å². The minimum Gasteiger partial charge on any atom is -0.497 e. The number of nitrogens with one attached hydrogen (secondary N) is 2. The number of hydrogen-bond acceptors (Lipinski definition) is 3. The maximum Gasteiger partial charge on any atom is 0.267 e. The number of aromatic nitrogens is 1. The number of ether oxygens (including phenoxy) is 1. The summed E-state index contributed by atoms with van der Waals surface area (Å²) in [4.78, 5) is 15.4. The molecule has 0 saturated carbocycles. The third-order valence-electron chi connectivity index (χ3n) is 3.99. The van der Waals surface area contributed by atoms with E-state index in [4.69, 9.17) is 4.74 Å². The van der Waals surface area contributed by atoms with Crippen molar-refractivity contribution in [1.82, 2.24) is 10.3 Å². The van der Waals surface area contributed by atoms with E-state index in [1.165, 1.54) is 0 Å². The normalized spacial score (nSPS) is 12.1. The lowest BCUT2D eigenvalue weighted by molar-refractivity contribution is 0.0946. The lowest BCUT2D eigenvalue weighted by Crippen LogP contribution is -2.23. The van der Waals surface area contributed by atoms with Crippen molar-refractivity contribution >= 4 is 16.8 Å². The molecule has 2 aromatic carbocycles. The number of aliphatic hydroxyl groups excluding tert-OH is 1. The fourth-order valence-electron chi connectivity index (χ4n) is 2.55. The fourth-order valence-corrected chi connectivity index (χ4v) is 2.55. The van der Waals surface area contributed by atoms with Gasteiger partial charge in [0.05, 0.1) is 13.2 Å². The van der Waals surface area contributed by atoms with Crippen LogP contribution in [0.25, 0.3) is 10.9 Å². The Kier molecular flexibility index (Phi) is 4.53. The molecule has 1 atom stereocenters. The molecule has 1 amide bonds. The van der Waals surface area contributed by atoms with Gasteiger partial charge in [0.25, 0.3) is 5.91 Å². The predicted octanol–water partition coefficient (Wildman–Crippen LogP) is 3.16. The van der Waals surface area contributed by atoms with Crippen LogP contribution in [0, 0.1) is 0 Å². The van der Waals surface area contributed by atoms with E-state index in [9.17, 15) is 9.90 Å². The molecule has 1 aromatic heterocycles. The molecule has 0 aliphatic rings. The molecule has 0 aliphatic heterocycles. The van der Waals surface area contributed by atoms with Crippen LogP contribution in [0.3, 0.4) is 0 Å². The van der Waals surface area contributed by atoms with E-state index in [-0.39, 0.29) is 5.91 Å². The second-order valence-electron chi connectivity index (χ2n) is 5.74. The van der Waals surface area contributed by atoms with Gasteiger partial charge in [-0.15, -0.1) is 0 Å². The smallest absolute Gasteiger partial charge is 0.267 e. The number of fused-ring (bicyclic) bond motifs is 1. The number of methoxy groups -OCH3 is 1. The first kappa shape index (κ1) is 16.1. The molecule has 5 nitrogen and oxygen atoms in total. The molecular weight excluding hydrogens is 304 g/mol. The van der Waals surface area contributed by atoms with Crippen LogP contribution in [0.2, 0.25) is 0 Å². The molecule has 3 aromatic rings. The Labute approximate surface area is 140 Å². The van der Waals surface area contributed by atoms with Crippen LogP contribution in [0.4, 0.5) is 0 Å². The fraction of sp³-hybridized carbons (Fsp3) is 0.211. The first-order valence-corrected chi connectivity index (χ1v) is 7.78. The minimum absolute atomic E-state index is 0.162. The Morgan fingerprint density at radius 1 is 1.21 bits per heavy atom. The minimum atomic E-state index is -0.489. The summed E-state index contributed by atoms with van der Waals surface area (Å²) in [5.41, 5.74) is 3.21. The molecule has 5 heteroatoms. The van der Waals surface area contributed by atoms with Gasteiger partial charge >= 0.3 is 0 Å². The Morgan fingerprint density at radius 3 is 2.62 bits per heavy atom. The summed E-state index contributed by atoms with van der Waals surface area (Å²) in [5, 5.41) is 13.4. The zero-order valence-electron chi connectivity index (χ0n) is 13.7. The van der Waals surface area contributed by atoms with Crippen LogP contribution in [0.1, 0.15) is 34.6 Å². The van der Waals surface area contributed by atoms with Crippen molar-refractivity contribution in [2.75, 3.05) is 7.11 Å². The maximum absolute atomic E-state index is 12.3. The van der Waals surface area contributed by atoms with Crippen molar-refractivity contribution in [3.63, 3.8) is 0 Å². The molecule has 0 fully saturated rings. The van der Waals surface area contributed by atoms with E-state index in [2.05, 4.69) is 10.3 Å². The van der Waals surface area contributed by atoms with Crippen molar-refractivity contribution in [2.45, 2.75) is 19.6 Å². The molecule has 0 aliphatic carbocycles. The molecule has 124 valence electrons. The van der Waals surface area contributed by atoms with E-state index in [0.717, 1.165) is 27.8 Å². The summed E-state index contributed by atoms with van der Waals surface area (Å²) in [6, 6.07) is 15.0. The van der Waals surface area contributed by atoms with Crippen molar-refractivity contribution in [2.24, 2.45) is 0 Å². The zero-order chi connectivity index (χ0) is 17.1. The van der Waals surface area contributed by atoms with Gasteiger partial charge in [-0.25, -0.2) is 0 Å². The lowest BCUT2D eigenvalue weighted by Gasteiger charge is -2.07. The van der Waals surface area contributed by atoms with Gasteiger partial charge < -0.3 is 20.1 Å². The first-order chi connectivity index (χ1) is 11.6. The highest BCUT2D eigenvalue weighted by molar-refractivity contribution is 5.98. The molecule has 0 spiro atoms. The van der Waals surface area contributed by atoms with Crippen LogP contribution in [0.5, 0.6) is 5.75 Å². The average molecular weight is 324 g/mol. The number of aliphatic hydroxyl groups is 1. The topological polar surface area (TPSA) is 74.3 Å². The van der Waals surface area contributed by atoms with Crippen LogP contribution in [0.15, 0.2) is 48.5 Å². The summed E-state index contributed by atoms with van der Waals surface area (Å²) in [6.07, 6.45) is -0.489. The van der Waals surface area contributed by atoms with Gasteiger partial charge in [0.15, 0.2) is 0 Å². The van der Waals surface area contributed by atoms with E-state index < -0.39 is 6.10 Å². The number of amides is 1. The second-order valence-corrected chi connectivity index (χ2v) is 5.74. The van der Waals surface area contributed by atoms with Gasteiger partial charge in [0.1, 0.15) is 11.4 Å². The average Bonchev–Trinajstić information content (AvgIpc) is 3.03. The van der Waals surface area contributed by atoms with Crippen molar-refractivity contribution < 1.29 is 14.6 Å². The van der Waals surface area contributed by atoms with Crippen molar-refractivity contribution in [3.05, 3.63) is 65.4 Å². The van der Waals surface area contributed by atoms with E-state index in [1.54, 1.807) is 14.0 Å². The molecule has 24 heavy (non-hydrogen) atoms. The number of carbonyl (C=O) groups is 1. The van der Waals surface area contributed by atoms with Gasteiger partial charge in [-0.2, -0.15) is 0 Å². The monoisotopic (exact) mass is 324 g/mol. The largest absolute Gasteiger partial charge is 0.497 e. The second kappa shape index (κ2) is 6.76. The SMILES string of the molecule is COc1ccc2cc(C(=O)NCc3ccc(C(C)O)cc3)[nH]c2c1. The highest BCUT2D eigenvalue weighted by Gasteiger charge is 2.10. The Hall–Kier alpha value is -2.79. The van der Waals surface area contributed by atoms with Crippen LogP contribution in [-0.2, 0) is 6.54 Å². The zero-order valence-corrected chi connectivity index (χ0v) is 13.7. The first-order valence-electron chi connectivity index (χ1n) is 7.78. The number of rotatable bonds is 5. The van der Waals surface area contributed by atoms with Gasteiger partial charge in [-0.05, 0) is 36.2 Å². The summed E-state index contributed by atoms with van der Waals surface area (Å²) in [5.74, 6) is 0.583. The van der Waals surface area contributed by atoms with Gasteiger partial charge in [-0.3, -0.25) is 4.79 Å². The molecule has 1 unspecified atom stereocenters. The summed E-state index contributed by atoms with van der Waals surface area (Å²) in [6.45, 7) is 2.15. The standard InChI is InChI=1S/C19H20N2O3/c1-12(22)14-5-3-13(4-6-14)11-20-19(23)18-9-15-7-8-16(24-2)10-17(15)21-18/h3-10,12,21-22H,11H2,1-2H3,(H,20,23). The van der Waals surface area contributed by atoms with Gasteiger partial charge in [0, 0.05) is 23.5 Å². The van der Waals surface area contributed by atoms with Crippen molar-refractivity contribution in [1.29, 1.82) is 0 Å². The van der Waals surface area contributed by atoms with E-state index in [0.29, 0.717) is 12.2 Å². The molecular formula is C19H20N2O3. The molecule has 0 radical (unpaired) electrons. The Bertz CT molecular complexity index is 851. The lowest BCUT2D eigenvalue weighted by atomic mass is 10.1. The number of hydrogen-bond donors (Lipinski definition) is 3. The summed E-state index contributed by atoms with van der Waals surface area (Å²) >= 11 is 0. The highest BCUT2D eigenvalue weighted by Crippen LogP contribution is 2.21. The molecule has 0 bridgehead atoms. The molecule has 1 heterocycles. The quantitative estimate of drug-likeness (QED) is 0.675. The number of aromatic amines is 1. The van der Waals surface area contributed by atoms with Gasteiger partial charge in [-0.1, -0.05) is 24.3 Å². The van der Waals surface area contributed by atoms with Crippen LogP contribution < -0.4 is 10.1 Å². The van der Waals surface area contributed by atoms with Gasteiger partial charge in [0.2, 0.25) is 0 Å². The Balaban J connectivity index is 1.68. The molecule has 3 rings (SSSR count).